The fraction of sp³-hybridized carbons (Fsp3) is 0.467. The molecular weight excluding hydrogens is 370 g/mol. The van der Waals surface area contributed by atoms with Crippen LogP contribution in [0, 0.1) is 0 Å². The fourth-order valence-electron chi connectivity index (χ4n) is 2.59. The normalized spacial score (nSPS) is 20.4. The van der Waals surface area contributed by atoms with Gasteiger partial charge < -0.3 is 24.2 Å². The van der Waals surface area contributed by atoms with E-state index in [1.54, 1.807) is 12.1 Å². The molecule has 7 nitrogen and oxygen atoms in total. The number of hydrogen-bond donors (Lipinski definition) is 1. The Bertz CT molecular complexity index is 595. The van der Waals surface area contributed by atoms with Crippen LogP contribution >= 0.6 is 15.9 Å². The zero-order chi connectivity index (χ0) is 17.1. The fourth-order valence-corrected chi connectivity index (χ4v) is 3.14. The van der Waals surface area contributed by atoms with Crippen molar-refractivity contribution in [1.29, 1.82) is 0 Å². The minimum absolute atomic E-state index is 0.229. The summed E-state index contributed by atoms with van der Waals surface area (Å²) in [5, 5.41) is 9.33. The molecule has 1 heterocycles. The Kier molecular flexibility index (Phi) is 5.48. The standard InChI is InChI=1S/C15H18BrNO6/c1-21-9-6-10(15(19)20)17(7-9)14(18)8-4-11(22-2)13(16)12(5-8)23-3/h4-5,9-10H,6-7H2,1-3H3,(H,19,20). The third-order valence-electron chi connectivity index (χ3n) is 3.83. The number of carboxylic acids is 1. The highest BCUT2D eigenvalue weighted by atomic mass is 79.9. The molecule has 0 spiro atoms. The second kappa shape index (κ2) is 7.18. The van der Waals surface area contributed by atoms with Gasteiger partial charge in [0.05, 0.1) is 20.3 Å². The summed E-state index contributed by atoms with van der Waals surface area (Å²) in [6, 6.07) is 2.19. The number of nitrogens with zero attached hydrogens (tertiary/aromatic N) is 1. The summed E-state index contributed by atoms with van der Waals surface area (Å²) < 4.78 is 16.2. The maximum Gasteiger partial charge on any atom is 0.326 e. The van der Waals surface area contributed by atoms with Crippen LogP contribution < -0.4 is 9.47 Å². The van der Waals surface area contributed by atoms with Gasteiger partial charge in [-0.1, -0.05) is 0 Å². The Hall–Kier alpha value is -1.80. The topological polar surface area (TPSA) is 85.3 Å². The maximum atomic E-state index is 12.8. The number of halogens is 1. The monoisotopic (exact) mass is 387 g/mol. The molecule has 1 N–H and O–H groups in total. The maximum absolute atomic E-state index is 12.8. The van der Waals surface area contributed by atoms with Crippen LogP contribution in [0.3, 0.4) is 0 Å². The summed E-state index contributed by atoms with van der Waals surface area (Å²) in [6.07, 6.45) is -0.0261. The number of ether oxygens (including phenoxy) is 3. The Morgan fingerprint density at radius 2 is 1.78 bits per heavy atom. The second-order valence-corrected chi connectivity index (χ2v) is 5.89. The number of rotatable bonds is 5. The minimum atomic E-state index is -1.05. The Morgan fingerprint density at radius 1 is 1.22 bits per heavy atom. The average molecular weight is 388 g/mol. The Morgan fingerprint density at radius 3 is 2.22 bits per heavy atom. The molecule has 1 aromatic carbocycles. The van der Waals surface area contributed by atoms with Gasteiger partial charge in [-0.15, -0.1) is 0 Å². The zero-order valence-corrected chi connectivity index (χ0v) is 14.6. The van der Waals surface area contributed by atoms with Crippen molar-refractivity contribution in [3.8, 4) is 11.5 Å². The number of carbonyl (C=O) groups is 2. The van der Waals surface area contributed by atoms with Gasteiger partial charge in [0.15, 0.2) is 0 Å². The first-order valence-electron chi connectivity index (χ1n) is 6.91. The first kappa shape index (κ1) is 17.6. The molecular formula is C15H18BrNO6. The van der Waals surface area contributed by atoms with Crippen molar-refractivity contribution in [1.82, 2.24) is 4.90 Å². The lowest BCUT2D eigenvalue weighted by molar-refractivity contribution is -0.141. The first-order chi connectivity index (χ1) is 10.9. The predicted molar refractivity (Wildman–Crippen MR) is 85.1 cm³/mol. The van der Waals surface area contributed by atoms with Gasteiger partial charge >= 0.3 is 5.97 Å². The molecule has 0 radical (unpaired) electrons. The first-order valence-corrected chi connectivity index (χ1v) is 7.70. The van der Waals surface area contributed by atoms with E-state index in [4.69, 9.17) is 14.2 Å². The van der Waals surface area contributed by atoms with Gasteiger partial charge in [0.2, 0.25) is 0 Å². The van der Waals surface area contributed by atoms with E-state index in [-0.39, 0.29) is 19.1 Å². The van der Waals surface area contributed by atoms with Crippen molar-refractivity contribution in [3.05, 3.63) is 22.2 Å². The number of carboxylic acid groups (broad SMARTS) is 1. The second-order valence-electron chi connectivity index (χ2n) is 5.10. The smallest absolute Gasteiger partial charge is 0.326 e. The molecule has 1 aliphatic rings. The van der Waals surface area contributed by atoms with Gasteiger partial charge in [0, 0.05) is 25.6 Å². The van der Waals surface area contributed by atoms with Crippen molar-refractivity contribution in [2.24, 2.45) is 0 Å². The molecule has 0 bridgehead atoms. The molecule has 1 saturated heterocycles. The van der Waals surface area contributed by atoms with Crippen LogP contribution in [-0.4, -0.2) is 61.9 Å². The van der Waals surface area contributed by atoms with E-state index in [0.717, 1.165) is 0 Å². The molecule has 8 heteroatoms. The number of aliphatic carboxylic acids is 1. The van der Waals surface area contributed by atoms with Crippen LogP contribution in [0.1, 0.15) is 16.8 Å². The molecule has 1 aliphatic heterocycles. The highest BCUT2D eigenvalue weighted by molar-refractivity contribution is 9.10. The highest BCUT2D eigenvalue weighted by Crippen LogP contribution is 2.36. The number of hydrogen-bond acceptors (Lipinski definition) is 5. The number of methoxy groups -OCH3 is 3. The van der Waals surface area contributed by atoms with Crippen LogP contribution in [0.5, 0.6) is 11.5 Å². The minimum Gasteiger partial charge on any atom is -0.495 e. The highest BCUT2D eigenvalue weighted by Gasteiger charge is 2.40. The summed E-state index contributed by atoms with van der Waals surface area (Å²) >= 11 is 3.34. The van der Waals surface area contributed by atoms with Crippen molar-refractivity contribution in [2.45, 2.75) is 18.6 Å². The van der Waals surface area contributed by atoms with Gasteiger partial charge in [0.1, 0.15) is 22.0 Å². The lowest BCUT2D eigenvalue weighted by Crippen LogP contribution is -2.40. The average Bonchev–Trinajstić information content (AvgIpc) is 2.99. The number of likely N-dealkylation sites (tertiary alicyclic amines) is 1. The number of amides is 1. The number of benzene rings is 1. The van der Waals surface area contributed by atoms with E-state index in [1.165, 1.54) is 26.2 Å². The molecule has 0 aliphatic carbocycles. The van der Waals surface area contributed by atoms with Crippen LogP contribution in [0.4, 0.5) is 0 Å². The molecule has 1 amide bonds. The molecule has 23 heavy (non-hydrogen) atoms. The van der Waals surface area contributed by atoms with Crippen molar-refractivity contribution >= 4 is 27.8 Å². The van der Waals surface area contributed by atoms with Crippen LogP contribution in [0.25, 0.3) is 0 Å². The number of carbonyl (C=O) groups excluding carboxylic acids is 1. The van der Waals surface area contributed by atoms with Crippen molar-refractivity contribution in [3.63, 3.8) is 0 Å². The van der Waals surface area contributed by atoms with Gasteiger partial charge in [-0.2, -0.15) is 0 Å². The van der Waals surface area contributed by atoms with E-state index in [9.17, 15) is 14.7 Å². The lowest BCUT2D eigenvalue weighted by Gasteiger charge is -2.22. The molecule has 2 rings (SSSR count). The van der Waals surface area contributed by atoms with Gasteiger partial charge in [0.25, 0.3) is 5.91 Å². The largest absolute Gasteiger partial charge is 0.495 e. The Balaban J connectivity index is 2.37. The van der Waals surface area contributed by atoms with Gasteiger partial charge in [-0.25, -0.2) is 4.79 Å². The van der Waals surface area contributed by atoms with Crippen LogP contribution in [0.2, 0.25) is 0 Å². The summed E-state index contributed by atoms with van der Waals surface area (Å²) in [4.78, 5) is 25.5. The predicted octanol–water partition coefficient (Wildman–Crippen LogP) is 1.78. The summed E-state index contributed by atoms with van der Waals surface area (Å²) in [5.41, 5.74) is 0.296. The summed E-state index contributed by atoms with van der Waals surface area (Å²) in [6.45, 7) is 0.229. The quantitative estimate of drug-likeness (QED) is 0.828. The molecule has 1 aromatic rings. The molecule has 126 valence electrons. The molecule has 0 aromatic heterocycles. The van der Waals surface area contributed by atoms with E-state index < -0.39 is 17.9 Å². The Labute approximate surface area is 142 Å². The van der Waals surface area contributed by atoms with E-state index in [1.807, 2.05) is 0 Å². The third kappa shape index (κ3) is 3.42. The summed E-state index contributed by atoms with van der Waals surface area (Å²) in [7, 11) is 4.46. The van der Waals surface area contributed by atoms with E-state index >= 15 is 0 Å². The molecule has 2 atom stereocenters. The SMILES string of the molecule is COc1cc(C(=O)N2CC(OC)CC2C(=O)O)cc(OC)c1Br. The van der Waals surface area contributed by atoms with Crippen LogP contribution in [0.15, 0.2) is 16.6 Å². The van der Waals surface area contributed by atoms with Crippen molar-refractivity contribution in [2.75, 3.05) is 27.9 Å². The van der Waals surface area contributed by atoms with E-state index in [0.29, 0.717) is 21.5 Å². The van der Waals surface area contributed by atoms with Gasteiger partial charge in [-0.3, -0.25) is 4.79 Å². The third-order valence-corrected chi connectivity index (χ3v) is 4.62. The lowest BCUT2D eigenvalue weighted by atomic mass is 10.1. The summed E-state index contributed by atoms with van der Waals surface area (Å²) in [5.74, 6) is -0.584. The molecule has 1 fully saturated rings. The van der Waals surface area contributed by atoms with Crippen molar-refractivity contribution < 1.29 is 28.9 Å². The van der Waals surface area contributed by atoms with E-state index in [2.05, 4.69) is 15.9 Å². The molecule has 0 saturated carbocycles. The van der Waals surface area contributed by atoms with Gasteiger partial charge in [-0.05, 0) is 28.1 Å². The zero-order valence-electron chi connectivity index (χ0n) is 13.0. The molecule has 2 unspecified atom stereocenters. The van der Waals surface area contributed by atoms with Crippen LogP contribution in [-0.2, 0) is 9.53 Å².